The van der Waals surface area contributed by atoms with Crippen molar-refractivity contribution in [2.75, 3.05) is 46.7 Å². The number of ether oxygens (including phenoxy) is 3. The summed E-state index contributed by atoms with van der Waals surface area (Å²) in [5, 5.41) is 0. The van der Waals surface area contributed by atoms with Crippen molar-refractivity contribution >= 4 is 21.8 Å². The molecule has 1 saturated heterocycles. The fourth-order valence-electron chi connectivity index (χ4n) is 3.27. The van der Waals surface area contributed by atoms with E-state index in [1.165, 1.54) is 0 Å². The average Bonchev–Trinajstić information content (AvgIpc) is 2.97. The quantitative estimate of drug-likeness (QED) is 0.778. The summed E-state index contributed by atoms with van der Waals surface area (Å²) in [7, 11) is 1.71. The number of piperazine rings is 1. The lowest BCUT2D eigenvalue weighted by Crippen LogP contribution is -2.61. The van der Waals surface area contributed by atoms with E-state index < -0.39 is 0 Å². The van der Waals surface area contributed by atoms with Gasteiger partial charge in [0.1, 0.15) is 0 Å². The van der Waals surface area contributed by atoms with Crippen LogP contribution < -0.4 is 9.47 Å². The van der Waals surface area contributed by atoms with Crippen molar-refractivity contribution in [3.63, 3.8) is 0 Å². The normalized spacial score (nSPS) is 19.6. The molecule has 0 radical (unpaired) electrons. The molecule has 6 nitrogen and oxygen atoms in total. The molecule has 0 aromatic heterocycles. The molecule has 3 rings (SSSR count). The van der Waals surface area contributed by atoms with Crippen molar-refractivity contribution in [3.8, 4) is 11.5 Å². The lowest BCUT2D eigenvalue weighted by atomic mass is 9.97. The Balaban J connectivity index is 1.78. The van der Waals surface area contributed by atoms with Gasteiger partial charge in [-0.1, -0.05) is 0 Å². The van der Waals surface area contributed by atoms with Crippen LogP contribution in [0.2, 0.25) is 0 Å². The van der Waals surface area contributed by atoms with E-state index in [0.29, 0.717) is 30.2 Å². The Morgan fingerprint density at radius 3 is 2.67 bits per heavy atom. The Hall–Kier alpha value is -1.31. The first-order chi connectivity index (χ1) is 11.4. The minimum atomic E-state index is -0.251. The number of amides is 1. The van der Waals surface area contributed by atoms with Crippen LogP contribution >= 0.6 is 15.9 Å². The van der Waals surface area contributed by atoms with Crippen LogP contribution in [-0.2, 0) is 4.74 Å². The van der Waals surface area contributed by atoms with Crippen LogP contribution in [0.3, 0.4) is 0 Å². The molecule has 2 aliphatic rings. The van der Waals surface area contributed by atoms with Crippen LogP contribution in [0, 0.1) is 0 Å². The highest BCUT2D eigenvalue weighted by Gasteiger charge is 2.37. The van der Waals surface area contributed by atoms with Crippen LogP contribution in [0.5, 0.6) is 11.5 Å². The van der Waals surface area contributed by atoms with E-state index in [-0.39, 0.29) is 18.2 Å². The lowest BCUT2D eigenvalue weighted by molar-refractivity contribution is 0.0117. The van der Waals surface area contributed by atoms with Gasteiger partial charge in [-0.05, 0) is 41.9 Å². The molecular formula is C17H23BrN2O4. The van der Waals surface area contributed by atoms with E-state index in [0.717, 1.165) is 24.1 Å². The van der Waals surface area contributed by atoms with Gasteiger partial charge < -0.3 is 19.1 Å². The zero-order valence-electron chi connectivity index (χ0n) is 14.3. The molecule has 2 heterocycles. The first-order valence-corrected chi connectivity index (χ1v) is 8.84. The maximum absolute atomic E-state index is 13.1. The molecule has 0 saturated carbocycles. The second-order valence-corrected chi connectivity index (χ2v) is 7.58. The largest absolute Gasteiger partial charge is 0.454 e. The molecule has 7 heteroatoms. The molecule has 24 heavy (non-hydrogen) atoms. The minimum Gasteiger partial charge on any atom is -0.454 e. The van der Waals surface area contributed by atoms with Gasteiger partial charge in [0, 0.05) is 37.8 Å². The number of methoxy groups -OCH3 is 1. The van der Waals surface area contributed by atoms with Crippen LogP contribution in [0.4, 0.5) is 0 Å². The molecule has 0 atom stereocenters. The first-order valence-electron chi connectivity index (χ1n) is 8.05. The maximum atomic E-state index is 13.1. The molecule has 0 aliphatic carbocycles. The van der Waals surface area contributed by atoms with E-state index in [2.05, 4.69) is 34.7 Å². The van der Waals surface area contributed by atoms with E-state index in [1.54, 1.807) is 19.2 Å². The Kier molecular flexibility index (Phi) is 5.03. The van der Waals surface area contributed by atoms with Gasteiger partial charge in [-0.3, -0.25) is 9.69 Å². The van der Waals surface area contributed by atoms with Crippen molar-refractivity contribution in [2.24, 2.45) is 0 Å². The summed E-state index contributed by atoms with van der Waals surface area (Å²) < 4.78 is 16.7. The smallest absolute Gasteiger partial charge is 0.255 e. The molecule has 1 fully saturated rings. The van der Waals surface area contributed by atoms with Crippen molar-refractivity contribution in [1.29, 1.82) is 0 Å². The van der Waals surface area contributed by atoms with Crippen molar-refractivity contribution in [2.45, 2.75) is 19.4 Å². The van der Waals surface area contributed by atoms with Gasteiger partial charge in [0.25, 0.3) is 5.91 Å². The number of hydrogen-bond donors (Lipinski definition) is 0. The van der Waals surface area contributed by atoms with Crippen molar-refractivity contribution in [1.82, 2.24) is 9.80 Å². The van der Waals surface area contributed by atoms with E-state index in [1.807, 2.05) is 4.90 Å². The molecule has 1 amide bonds. The Bertz CT molecular complexity index is 635. The monoisotopic (exact) mass is 398 g/mol. The van der Waals surface area contributed by atoms with Gasteiger partial charge in [-0.2, -0.15) is 0 Å². The fourth-order valence-corrected chi connectivity index (χ4v) is 3.76. The predicted octanol–water partition coefficient (Wildman–Crippen LogP) is 2.36. The summed E-state index contributed by atoms with van der Waals surface area (Å²) in [6.45, 7) is 8.35. The number of nitrogens with zero attached hydrogens (tertiary/aromatic N) is 2. The van der Waals surface area contributed by atoms with E-state index >= 15 is 0 Å². The van der Waals surface area contributed by atoms with Crippen LogP contribution in [0.15, 0.2) is 16.6 Å². The number of carbonyl (C=O) groups excluding carboxylic acids is 1. The van der Waals surface area contributed by atoms with Crippen molar-refractivity contribution < 1.29 is 19.0 Å². The van der Waals surface area contributed by atoms with Crippen LogP contribution in [-0.4, -0.2) is 67.9 Å². The fraction of sp³-hybridized carbons (Fsp3) is 0.588. The highest BCUT2D eigenvalue weighted by Crippen LogP contribution is 2.38. The highest BCUT2D eigenvalue weighted by atomic mass is 79.9. The highest BCUT2D eigenvalue weighted by molar-refractivity contribution is 9.10. The Labute approximate surface area is 150 Å². The molecule has 0 unspecified atom stereocenters. The summed E-state index contributed by atoms with van der Waals surface area (Å²) in [6, 6.07) is 3.57. The van der Waals surface area contributed by atoms with Gasteiger partial charge in [0.2, 0.25) is 6.79 Å². The van der Waals surface area contributed by atoms with Crippen LogP contribution in [0.1, 0.15) is 24.2 Å². The SMILES string of the molecule is COCCN1CCN(C(=O)c2cc3c(cc2Br)OCO3)C(C)(C)C1. The number of hydrogen-bond acceptors (Lipinski definition) is 5. The van der Waals surface area contributed by atoms with E-state index in [9.17, 15) is 4.79 Å². The molecule has 2 aliphatic heterocycles. The molecule has 0 bridgehead atoms. The van der Waals surface area contributed by atoms with E-state index in [4.69, 9.17) is 14.2 Å². The zero-order valence-corrected chi connectivity index (χ0v) is 15.9. The summed E-state index contributed by atoms with van der Waals surface area (Å²) >= 11 is 3.49. The molecule has 0 N–H and O–H groups in total. The third-order valence-electron chi connectivity index (χ3n) is 4.53. The molecule has 132 valence electrons. The average molecular weight is 399 g/mol. The Morgan fingerprint density at radius 2 is 2.00 bits per heavy atom. The van der Waals surface area contributed by atoms with Crippen molar-refractivity contribution in [3.05, 3.63) is 22.2 Å². The van der Waals surface area contributed by atoms with Gasteiger partial charge in [0.15, 0.2) is 11.5 Å². The molecule has 0 spiro atoms. The van der Waals surface area contributed by atoms with Gasteiger partial charge in [-0.25, -0.2) is 0 Å². The number of carbonyl (C=O) groups is 1. The number of fused-ring (bicyclic) bond motifs is 1. The zero-order chi connectivity index (χ0) is 17.3. The molecular weight excluding hydrogens is 376 g/mol. The predicted molar refractivity (Wildman–Crippen MR) is 93.7 cm³/mol. The topological polar surface area (TPSA) is 51.2 Å². The summed E-state index contributed by atoms with van der Waals surface area (Å²) in [4.78, 5) is 17.4. The summed E-state index contributed by atoms with van der Waals surface area (Å²) in [5.41, 5.74) is 0.358. The maximum Gasteiger partial charge on any atom is 0.255 e. The Morgan fingerprint density at radius 1 is 1.29 bits per heavy atom. The standard InChI is InChI=1S/C17H23BrN2O4/c1-17(2)10-19(6-7-22-3)4-5-20(17)16(21)12-8-14-15(9-13(12)18)24-11-23-14/h8-9H,4-7,10-11H2,1-3H3. The molecule has 1 aromatic rings. The molecule has 1 aromatic carbocycles. The third-order valence-corrected chi connectivity index (χ3v) is 5.19. The first kappa shape index (κ1) is 17.5. The van der Waals surface area contributed by atoms with Gasteiger partial charge in [0.05, 0.1) is 17.7 Å². The van der Waals surface area contributed by atoms with Crippen LogP contribution in [0.25, 0.3) is 0 Å². The number of benzene rings is 1. The van der Waals surface area contributed by atoms with Gasteiger partial charge in [-0.15, -0.1) is 0 Å². The minimum absolute atomic E-state index is 0.0107. The third kappa shape index (κ3) is 3.38. The number of halogens is 1. The lowest BCUT2D eigenvalue weighted by Gasteiger charge is -2.47. The van der Waals surface area contributed by atoms with Gasteiger partial charge >= 0.3 is 0 Å². The second-order valence-electron chi connectivity index (χ2n) is 6.72. The summed E-state index contributed by atoms with van der Waals surface area (Å²) in [5.74, 6) is 1.30. The number of rotatable bonds is 4. The summed E-state index contributed by atoms with van der Waals surface area (Å²) in [6.07, 6.45) is 0. The second kappa shape index (κ2) is 6.90.